The molecule has 0 aromatic carbocycles. The molecule has 9 unspecified atom stereocenters. The number of hydrogen-bond acceptors (Lipinski definition) is 6. The summed E-state index contributed by atoms with van der Waals surface area (Å²) in [6.45, 7) is 11.5. The molecule has 0 aromatic rings. The lowest BCUT2D eigenvalue weighted by atomic mass is 9.39. The van der Waals surface area contributed by atoms with E-state index in [2.05, 4.69) is 20.4 Å². The van der Waals surface area contributed by atoms with E-state index in [-0.39, 0.29) is 35.6 Å². The van der Waals surface area contributed by atoms with E-state index in [4.69, 9.17) is 4.74 Å². The van der Waals surface area contributed by atoms with Crippen molar-refractivity contribution in [3.63, 3.8) is 0 Å². The highest BCUT2D eigenvalue weighted by Crippen LogP contribution is 2.71. The van der Waals surface area contributed by atoms with Crippen LogP contribution in [0.5, 0.6) is 0 Å². The van der Waals surface area contributed by atoms with Crippen molar-refractivity contribution in [3.05, 3.63) is 12.2 Å². The molecule has 4 rings (SSSR count). The molecule has 4 saturated carbocycles. The quantitative estimate of drug-likeness (QED) is 0.463. The Hall–Kier alpha value is -1.24. The smallest absolute Gasteiger partial charge is 0.302 e. The maximum absolute atomic E-state index is 13.3. The Bertz CT molecular complexity index is 743. The van der Waals surface area contributed by atoms with Crippen LogP contribution in [-0.4, -0.2) is 51.5 Å². The fraction of sp³-hybridized carbons (Fsp3) is 0.818. The summed E-state index contributed by atoms with van der Waals surface area (Å²) in [6, 6.07) is 0. The SMILES string of the molecule is C=C1C(=O)C23C(O)CC4C(C)(C)CC(OC(C)=O)CC4(C)C2C(O)CC1C3O. The van der Waals surface area contributed by atoms with Gasteiger partial charge in [0.25, 0.3) is 0 Å². The molecule has 0 saturated heterocycles. The Morgan fingerprint density at radius 1 is 1.14 bits per heavy atom. The Labute approximate surface area is 166 Å². The van der Waals surface area contributed by atoms with Crippen molar-refractivity contribution in [2.75, 3.05) is 0 Å². The third-order valence-corrected chi connectivity index (χ3v) is 8.61. The number of carbonyl (C=O) groups excluding carboxylic acids is 2. The molecule has 4 aliphatic rings. The van der Waals surface area contributed by atoms with Gasteiger partial charge in [-0.05, 0) is 48.0 Å². The minimum Gasteiger partial charge on any atom is -0.463 e. The van der Waals surface area contributed by atoms with Crippen molar-refractivity contribution >= 4 is 11.8 Å². The van der Waals surface area contributed by atoms with E-state index in [1.54, 1.807) is 0 Å². The van der Waals surface area contributed by atoms with Gasteiger partial charge in [0.05, 0.1) is 23.7 Å². The standard InChI is InChI=1S/C22H32O6/c1-10-13-6-14(24)17-21(5)9-12(28-11(2)23)8-20(3,4)15(21)7-16(25)22(17,18(10)26)19(13)27/h12-17,19,24-25,27H,1,6-9H2,2-5H3. The van der Waals surface area contributed by atoms with Crippen molar-refractivity contribution < 1.29 is 29.6 Å². The van der Waals surface area contributed by atoms with E-state index in [1.807, 2.05) is 6.92 Å². The van der Waals surface area contributed by atoms with Crippen LogP contribution in [0.15, 0.2) is 12.2 Å². The lowest BCUT2D eigenvalue weighted by molar-refractivity contribution is -0.260. The van der Waals surface area contributed by atoms with Crippen molar-refractivity contribution in [1.29, 1.82) is 0 Å². The van der Waals surface area contributed by atoms with E-state index < -0.39 is 41.0 Å². The second kappa shape index (κ2) is 5.89. The number of aliphatic hydroxyl groups excluding tert-OH is 3. The van der Waals surface area contributed by atoms with Crippen LogP contribution >= 0.6 is 0 Å². The lowest BCUT2D eigenvalue weighted by Crippen LogP contribution is -2.71. The highest BCUT2D eigenvalue weighted by molar-refractivity contribution is 6.04. The van der Waals surface area contributed by atoms with Gasteiger partial charge in [0.15, 0.2) is 5.78 Å². The molecule has 0 aliphatic heterocycles. The van der Waals surface area contributed by atoms with E-state index >= 15 is 0 Å². The average molecular weight is 392 g/mol. The Balaban J connectivity index is 1.86. The van der Waals surface area contributed by atoms with E-state index in [0.717, 1.165) is 0 Å². The van der Waals surface area contributed by atoms with Crippen LogP contribution in [0.1, 0.15) is 53.4 Å². The second-order valence-corrected chi connectivity index (χ2v) is 10.6. The van der Waals surface area contributed by atoms with Crippen molar-refractivity contribution in [1.82, 2.24) is 0 Å². The van der Waals surface area contributed by atoms with E-state index in [0.29, 0.717) is 24.8 Å². The van der Waals surface area contributed by atoms with Gasteiger partial charge in [-0.1, -0.05) is 27.4 Å². The molecule has 6 nitrogen and oxygen atoms in total. The predicted octanol–water partition coefficient (Wildman–Crippen LogP) is 1.61. The summed E-state index contributed by atoms with van der Waals surface area (Å²) in [7, 11) is 0. The zero-order chi connectivity index (χ0) is 20.8. The van der Waals surface area contributed by atoms with Crippen LogP contribution in [0.2, 0.25) is 0 Å². The van der Waals surface area contributed by atoms with Gasteiger partial charge in [0.2, 0.25) is 0 Å². The molecule has 3 N–H and O–H groups in total. The van der Waals surface area contributed by atoms with Crippen molar-refractivity contribution in [3.8, 4) is 0 Å². The van der Waals surface area contributed by atoms with Crippen LogP contribution in [0, 0.1) is 34.0 Å². The fourth-order valence-corrected chi connectivity index (χ4v) is 7.95. The summed E-state index contributed by atoms with van der Waals surface area (Å²) >= 11 is 0. The van der Waals surface area contributed by atoms with Gasteiger partial charge in [-0.3, -0.25) is 9.59 Å². The number of aliphatic hydroxyl groups is 3. The van der Waals surface area contributed by atoms with Crippen molar-refractivity contribution in [2.24, 2.45) is 34.0 Å². The normalized spacial score (nSPS) is 52.0. The van der Waals surface area contributed by atoms with Crippen molar-refractivity contribution in [2.45, 2.75) is 77.8 Å². The number of esters is 1. The summed E-state index contributed by atoms with van der Waals surface area (Å²) in [5, 5.41) is 33.5. The van der Waals surface area contributed by atoms with Gasteiger partial charge in [-0.2, -0.15) is 0 Å². The molecule has 28 heavy (non-hydrogen) atoms. The fourth-order valence-electron chi connectivity index (χ4n) is 7.95. The molecule has 6 heteroatoms. The molecular formula is C22H32O6. The number of hydrogen-bond donors (Lipinski definition) is 3. The molecule has 2 bridgehead atoms. The van der Waals surface area contributed by atoms with Crippen LogP contribution in [0.3, 0.4) is 0 Å². The first kappa shape index (κ1) is 20.0. The second-order valence-electron chi connectivity index (χ2n) is 10.6. The largest absolute Gasteiger partial charge is 0.463 e. The van der Waals surface area contributed by atoms with Gasteiger partial charge in [-0.15, -0.1) is 0 Å². The molecule has 4 aliphatic carbocycles. The lowest BCUT2D eigenvalue weighted by Gasteiger charge is -2.66. The van der Waals surface area contributed by atoms with Gasteiger partial charge < -0.3 is 20.1 Å². The molecule has 0 aromatic heterocycles. The Morgan fingerprint density at radius 2 is 1.79 bits per heavy atom. The third-order valence-electron chi connectivity index (χ3n) is 8.61. The summed E-state index contributed by atoms with van der Waals surface area (Å²) in [4.78, 5) is 25.0. The zero-order valence-corrected chi connectivity index (χ0v) is 17.1. The number of Topliss-reactive ketones (excluding diaryl/α,β-unsaturated/α-hetero) is 1. The number of ether oxygens (including phenoxy) is 1. The molecule has 0 heterocycles. The molecular weight excluding hydrogens is 360 g/mol. The van der Waals surface area contributed by atoms with Crippen LogP contribution in [0.4, 0.5) is 0 Å². The van der Waals surface area contributed by atoms with Gasteiger partial charge >= 0.3 is 5.97 Å². The molecule has 4 fully saturated rings. The maximum atomic E-state index is 13.3. The minimum absolute atomic E-state index is 0.0255. The third kappa shape index (κ3) is 2.25. The molecule has 9 atom stereocenters. The number of rotatable bonds is 1. The van der Waals surface area contributed by atoms with Crippen LogP contribution in [-0.2, 0) is 14.3 Å². The molecule has 1 spiro atoms. The highest BCUT2D eigenvalue weighted by Gasteiger charge is 2.76. The molecule has 156 valence electrons. The highest BCUT2D eigenvalue weighted by atomic mass is 16.5. The molecule has 0 radical (unpaired) electrons. The van der Waals surface area contributed by atoms with Crippen LogP contribution in [0.25, 0.3) is 0 Å². The minimum atomic E-state index is -1.42. The maximum Gasteiger partial charge on any atom is 0.302 e. The van der Waals surface area contributed by atoms with E-state index in [1.165, 1.54) is 6.92 Å². The van der Waals surface area contributed by atoms with Crippen LogP contribution < -0.4 is 0 Å². The zero-order valence-electron chi connectivity index (χ0n) is 17.1. The number of ketones is 1. The first-order valence-corrected chi connectivity index (χ1v) is 10.3. The summed E-state index contributed by atoms with van der Waals surface area (Å²) in [6.07, 6.45) is -1.39. The topological polar surface area (TPSA) is 104 Å². The van der Waals surface area contributed by atoms with Gasteiger partial charge in [0.1, 0.15) is 6.10 Å². The average Bonchev–Trinajstić information content (AvgIpc) is 2.67. The predicted molar refractivity (Wildman–Crippen MR) is 101 cm³/mol. The number of carbonyl (C=O) groups is 2. The number of fused-ring (bicyclic) bond motifs is 3. The Morgan fingerprint density at radius 3 is 2.39 bits per heavy atom. The summed E-state index contributed by atoms with van der Waals surface area (Å²) in [5.41, 5.74) is -1.91. The molecule has 0 amide bonds. The monoisotopic (exact) mass is 392 g/mol. The van der Waals surface area contributed by atoms with Gasteiger partial charge in [-0.25, -0.2) is 0 Å². The van der Waals surface area contributed by atoms with Gasteiger partial charge in [0, 0.05) is 18.8 Å². The Kier molecular flexibility index (Phi) is 4.22. The first-order valence-electron chi connectivity index (χ1n) is 10.3. The van der Waals surface area contributed by atoms with E-state index in [9.17, 15) is 24.9 Å². The first-order chi connectivity index (χ1) is 12.9. The summed E-state index contributed by atoms with van der Waals surface area (Å²) < 4.78 is 5.59. The summed E-state index contributed by atoms with van der Waals surface area (Å²) in [5.74, 6) is -1.73.